The molecule has 1 fully saturated rings. The van der Waals surface area contributed by atoms with Crippen molar-refractivity contribution >= 4 is 17.2 Å². The smallest absolute Gasteiger partial charge is 0.137 e. The monoisotopic (exact) mass is 312 g/mol. The zero-order valence-corrected chi connectivity index (χ0v) is 12.9. The summed E-state index contributed by atoms with van der Waals surface area (Å²) in [6.07, 6.45) is 6.15. The lowest BCUT2D eigenvalue weighted by Crippen LogP contribution is -2.28. The van der Waals surface area contributed by atoms with Crippen molar-refractivity contribution < 1.29 is 0 Å². The van der Waals surface area contributed by atoms with E-state index < -0.39 is 0 Å². The van der Waals surface area contributed by atoms with E-state index in [1.54, 1.807) is 0 Å². The summed E-state index contributed by atoms with van der Waals surface area (Å²) in [5, 5.41) is 4.14. The van der Waals surface area contributed by atoms with E-state index in [0.717, 1.165) is 35.8 Å². The van der Waals surface area contributed by atoms with Gasteiger partial charge < -0.3 is 5.32 Å². The predicted octanol–water partition coefficient (Wildman–Crippen LogP) is 3.52. The van der Waals surface area contributed by atoms with Gasteiger partial charge >= 0.3 is 0 Å². The fraction of sp³-hybridized carbons (Fsp3) is 0.294. The molecule has 1 unspecified atom stereocenters. The van der Waals surface area contributed by atoms with E-state index in [4.69, 9.17) is 16.6 Å². The van der Waals surface area contributed by atoms with Crippen LogP contribution >= 0.6 is 11.6 Å². The summed E-state index contributed by atoms with van der Waals surface area (Å²) >= 11 is 6.11. The molecule has 112 valence electrons. The lowest BCUT2D eigenvalue weighted by Gasteiger charge is -2.22. The van der Waals surface area contributed by atoms with Crippen LogP contribution < -0.4 is 5.32 Å². The summed E-state index contributed by atoms with van der Waals surface area (Å²) in [5.74, 6) is 0.497. The third kappa shape index (κ3) is 2.49. The van der Waals surface area contributed by atoms with Gasteiger partial charge in [-0.15, -0.1) is 0 Å². The summed E-state index contributed by atoms with van der Waals surface area (Å²) in [6.45, 7) is 2.12. The lowest BCUT2D eigenvalue weighted by atomic mass is 9.95. The first-order valence-electron chi connectivity index (χ1n) is 7.62. The Morgan fingerprint density at radius 1 is 1.23 bits per heavy atom. The van der Waals surface area contributed by atoms with Gasteiger partial charge in [0.15, 0.2) is 0 Å². The molecule has 0 saturated carbocycles. The number of nitrogens with one attached hydrogen (secondary N) is 1. The third-order valence-electron chi connectivity index (χ3n) is 4.22. The third-order valence-corrected chi connectivity index (χ3v) is 4.44. The fourth-order valence-electron chi connectivity index (χ4n) is 3.07. The van der Waals surface area contributed by atoms with Gasteiger partial charge in [-0.05, 0) is 43.7 Å². The number of hydrogen-bond donors (Lipinski definition) is 1. The number of pyridine rings is 2. The Labute approximate surface area is 134 Å². The van der Waals surface area contributed by atoms with Crippen LogP contribution in [-0.4, -0.2) is 27.5 Å². The SMILES string of the molecule is Clc1ccc2ncc(-c3cccc(C4CCCNC4)n3)n2c1. The highest BCUT2D eigenvalue weighted by molar-refractivity contribution is 6.30. The zero-order chi connectivity index (χ0) is 14.9. The molecule has 4 nitrogen and oxygen atoms in total. The first-order valence-corrected chi connectivity index (χ1v) is 8.00. The Morgan fingerprint density at radius 3 is 3.05 bits per heavy atom. The van der Waals surface area contributed by atoms with E-state index in [2.05, 4.69) is 22.4 Å². The second kappa shape index (κ2) is 5.71. The molecule has 0 aliphatic carbocycles. The summed E-state index contributed by atoms with van der Waals surface area (Å²) in [6, 6.07) is 10.0. The largest absolute Gasteiger partial charge is 0.316 e. The molecule has 3 aromatic rings. The van der Waals surface area contributed by atoms with E-state index in [-0.39, 0.29) is 0 Å². The molecule has 22 heavy (non-hydrogen) atoms. The van der Waals surface area contributed by atoms with Crippen molar-refractivity contribution in [2.24, 2.45) is 0 Å². The topological polar surface area (TPSA) is 42.2 Å². The van der Waals surface area contributed by atoms with Crippen molar-refractivity contribution in [3.8, 4) is 11.4 Å². The Balaban J connectivity index is 1.76. The van der Waals surface area contributed by atoms with Gasteiger partial charge in [-0.2, -0.15) is 0 Å². The van der Waals surface area contributed by atoms with Crippen LogP contribution in [0, 0.1) is 0 Å². The second-order valence-corrected chi connectivity index (χ2v) is 6.15. The normalized spacial score (nSPS) is 18.7. The van der Waals surface area contributed by atoms with Crippen molar-refractivity contribution in [1.29, 1.82) is 0 Å². The van der Waals surface area contributed by atoms with Gasteiger partial charge in [0.25, 0.3) is 0 Å². The number of halogens is 1. The number of imidazole rings is 1. The number of nitrogens with zero attached hydrogens (tertiary/aromatic N) is 3. The maximum absolute atomic E-state index is 6.11. The van der Waals surface area contributed by atoms with Crippen molar-refractivity contribution in [1.82, 2.24) is 19.7 Å². The minimum atomic E-state index is 0.497. The van der Waals surface area contributed by atoms with Crippen LogP contribution in [0.1, 0.15) is 24.5 Å². The number of piperidine rings is 1. The van der Waals surface area contributed by atoms with Crippen LogP contribution in [0.3, 0.4) is 0 Å². The molecule has 1 aliphatic heterocycles. The molecular weight excluding hydrogens is 296 g/mol. The molecule has 3 aromatic heterocycles. The van der Waals surface area contributed by atoms with Crippen molar-refractivity contribution in [3.05, 3.63) is 53.4 Å². The van der Waals surface area contributed by atoms with Crippen LogP contribution in [-0.2, 0) is 0 Å². The van der Waals surface area contributed by atoms with Gasteiger partial charge in [0.1, 0.15) is 5.65 Å². The maximum atomic E-state index is 6.11. The summed E-state index contributed by atoms with van der Waals surface area (Å²) < 4.78 is 1.99. The average Bonchev–Trinajstić information content (AvgIpc) is 2.99. The average molecular weight is 313 g/mol. The minimum Gasteiger partial charge on any atom is -0.316 e. The minimum absolute atomic E-state index is 0.497. The number of rotatable bonds is 2. The van der Waals surface area contributed by atoms with E-state index in [1.807, 2.05) is 35.0 Å². The van der Waals surface area contributed by atoms with Crippen molar-refractivity contribution in [3.63, 3.8) is 0 Å². The van der Waals surface area contributed by atoms with E-state index in [0.29, 0.717) is 10.9 Å². The molecule has 0 spiro atoms. The first kappa shape index (κ1) is 13.7. The first-order chi connectivity index (χ1) is 10.8. The summed E-state index contributed by atoms with van der Waals surface area (Å²) in [5.41, 5.74) is 3.95. The molecule has 1 atom stereocenters. The predicted molar refractivity (Wildman–Crippen MR) is 88.3 cm³/mol. The van der Waals surface area contributed by atoms with Crippen LogP contribution in [0.25, 0.3) is 17.0 Å². The van der Waals surface area contributed by atoms with E-state index in [1.165, 1.54) is 12.8 Å². The molecule has 1 N–H and O–H groups in total. The Hall–Kier alpha value is -1.91. The van der Waals surface area contributed by atoms with Crippen molar-refractivity contribution in [2.75, 3.05) is 13.1 Å². The molecule has 0 amide bonds. The Bertz CT molecular complexity index is 805. The lowest BCUT2D eigenvalue weighted by molar-refractivity contribution is 0.455. The molecule has 4 heterocycles. The van der Waals surface area contributed by atoms with Gasteiger partial charge in [-0.1, -0.05) is 17.7 Å². The number of fused-ring (bicyclic) bond motifs is 1. The van der Waals surface area contributed by atoms with Gasteiger partial charge in [-0.25, -0.2) is 4.98 Å². The maximum Gasteiger partial charge on any atom is 0.137 e. The van der Waals surface area contributed by atoms with Gasteiger partial charge in [0, 0.05) is 24.4 Å². The van der Waals surface area contributed by atoms with Crippen molar-refractivity contribution in [2.45, 2.75) is 18.8 Å². The number of aromatic nitrogens is 3. The van der Waals surface area contributed by atoms with Crippen LogP contribution in [0.2, 0.25) is 5.02 Å². The summed E-state index contributed by atoms with van der Waals surface area (Å²) in [4.78, 5) is 9.31. The van der Waals surface area contributed by atoms with Gasteiger partial charge in [0.2, 0.25) is 0 Å². The van der Waals surface area contributed by atoms with Gasteiger partial charge in [0.05, 0.1) is 22.6 Å². The van der Waals surface area contributed by atoms with Crippen LogP contribution in [0.5, 0.6) is 0 Å². The molecule has 1 aliphatic rings. The molecular formula is C17H17ClN4. The van der Waals surface area contributed by atoms with E-state index in [9.17, 15) is 0 Å². The highest BCUT2D eigenvalue weighted by Gasteiger charge is 2.17. The number of hydrogen-bond acceptors (Lipinski definition) is 3. The molecule has 5 heteroatoms. The molecule has 4 rings (SSSR count). The Kier molecular flexibility index (Phi) is 3.56. The molecule has 1 saturated heterocycles. The zero-order valence-electron chi connectivity index (χ0n) is 12.2. The highest BCUT2D eigenvalue weighted by Crippen LogP contribution is 2.25. The van der Waals surface area contributed by atoms with Gasteiger partial charge in [-0.3, -0.25) is 9.38 Å². The molecule has 0 aromatic carbocycles. The quantitative estimate of drug-likeness (QED) is 0.787. The summed E-state index contributed by atoms with van der Waals surface area (Å²) in [7, 11) is 0. The second-order valence-electron chi connectivity index (χ2n) is 5.71. The molecule has 0 bridgehead atoms. The Morgan fingerprint density at radius 2 is 2.18 bits per heavy atom. The standard InChI is InChI=1S/C17H17ClN4/c18-13-6-7-17-20-10-16(22(17)11-13)15-5-1-4-14(21-15)12-3-2-8-19-9-12/h1,4-7,10-12,19H,2-3,8-9H2. The fourth-order valence-corrected chi connectivity index (χ4v) is 3.23. The van der Waals surface area contributed by atoms with E-state index >= 15 is 0 Å². The van der Waals surface area contributed by atoms with Crippen LogP contribution in [0.15, 0.2) is 42.7 Å². The highest BCUT2D eigenvalue weighted by atomic mass is 35.5. The van der Waals surface area contributed by atoms with Crippen LogP contribution in [0.4, 0.5) is 0 Å². The molecule has 0 radical (unpaired) electrons.